The number of alkyl halides is 1. The van der Waals surface area contributed by atoms with Crippen LogP contribution in [0.2, 0.25) is 0 Å². The lowest BCUT2D eigenvalue weighted by molar-refractivity contribution is -0.0630. The molecule has 15 heavy (non-hydrogen) atoms. The van der Waals surface area contributed by atoms with E-state index >= 15 is 0 Å². The van der Waals surface area contributed by atoms with Gasteiger partial charge in [0.2, 0.25) is 0 Å². The van der Waals surface area contributed by atoms with Gasteiger partial charge in [0.15, 0.2) is 9.33 Å². The van der Waals surface area contributed by atoms with Crippen molar-refractivity contribution in [3.8, 4) is 0 Å². The van der Waals surface area contributed by atoms with Crippen LogP contribution in [0.1, 0.15) is 27.7 Å². The fraction of sp³-hybridized carbons (Fsp3) is 0.900. The maximum atomic E-state index is 10.4. The van der Waals surface area contributed by atoms with Gasteiger partial charge in [0.05, 0.1) is 11.8 Å². The molecule has 1 rings (SSSR count). The zero-order valence-electron chi connectivity index (χ0n) is 9.58. The van der Waals surface area contributed by atoms with Gasteiger partial charge in [0.1, 0.15) is 0 Å². The highest BCUT2D eigenvalue weighted by Gasteiger charge is 2.59. The largest absolute Gasteiger partial charge is 0.373 e. The third-order valence-corrected chi connectivity index (χ3v) is 4.24. The van der Waals surface area contributed by atoms with E-state index in [4.69, 9.17) is 0 Å². The van der Waals surface area contributed by atoms with E-state index < -0.39 is 9.33 Å². The Labute approximate surface area is 104 Å². The molecule has 0 aliphatic carbocycles. The van der Waals surface area contributed by atoms with E-state index in [2.05, 4.69) is 10.3 Å². The second kappa shape index (κ2) is 4.27. The highest BCUT2D eigenvalue weighted by molar-refractivity contribution is 14.1. The molecule has 0 amide bonds. The molecule has 0 saturated carbocycles. The zero-order chi connectivity index (χ0) is 11.9. The van der Waals surface area contributed by atoms with E-state index in [9.17, 15) is 10.2 Å². The summed E-state index contributed by atoms with van der Waals surface area (Å²) < 4.78 is -1.28. The fourth-order valence-electron chi connectivity index (χ4n) is 1.95. The zero-order valence-corrected chi connectivity index (χ0v) is 11.7. The Balaban J connectivity index is 3.07. The van der Waals surface area contributed by atoms with Crippen molar-refractivity contribution >= 4 is 28.3 Å². The average molecular weight is 326 g/mol. The summed E-state index contributed by atoms with van der Waals surface area (Å²) >= 11 is 1.89. The molecule has 0 spiro atoms. The Hall–Kier alpha value is 0.280. The minimum atomic E-state index is -1.41. The Morgan fingerprint density at radius 2 is 2.07 bits per heavy atom. The molecule has 3 unspecified atom stereocenters. The molecule has 0 fully saturated rings. The van der Waals surface area contributed by atoms with Crippen molar-refractivity contribution in [1.82, 2.24) is 5.32 Å². The van der Waals surface area contributed by atoms with E-state index in [1.54, 1.807) is 6.92 Å². The van der Waals surface area contributed by atoms with Crippen LogP contribution in [0, 0.1) is 5.92 Å². The summed E-state index contributed by atoms with van der Waals surface area (Å²) in [6.45, 7) is 8.19. The van der Waals surface area contributed by atoms with Crippen LogP contribution < -0.4 is 5.32 Å². The fourth-order valence-corrected chi connectivity index (χ4v) is 3.39. The number of nitrogens with one attached hydrogen (secondary N) is 1. The summed E-state index contributed by atoms with van der Waals surface area (Å²) in [5.74, 6) is 0.189. The first-order valence-corrected chi connectivity index (χ1v) is 6.28. The lowest BCUT2D eigenvalue weighted by atomic mass is 9.93. The van der Waals surface area contributed by atoms with Crippen LogP contribution in [-0.4, -0.2) is 37.8 Å². The van der Waals surface area contributed by atoms with Crippen molar-refractivity contribution in [2.75, 3.05) is 6.54 Å². The normalized spacial score (nSPS) is 41.1. The number of rotatable bonds is 3. The first-order valence-electron chi connectivity index (χ1n) is 5.21. The molecule has 0 saturated heterocycles. The molecule has 0 aromatic carbocycles. The van der Waals surface area contributed by atoms with Crippen molar-refractivity contribution < 1.29 is 10.2 Å². The van der Waals surface area contributed by atoms with E-state index in [-0.39, 0.29) is 12.0 Å². The topological polar surface area (TPSA) is 64.8 Å². The lowest BCUT2D eigenvalue weighted by Crippen LogP contribution is -2.64. The number of halogens is 1. The summed E-state index contributed by atoms with van der Waals surface area (Å²) in [6, 6.07) is -0.276. The van der Waals surface area contributed by atoms with Crippen LogP contribution in [-0.2, 0) is 0 Å². The first kappa shape index (κ1) is 13.3. The van der Waals surface area contributed by atoms with Crippen molar-refractivity contribution in [2.24, 2.45) is 10.9 Å². The average Bonchev–Trinajstić information content (AvgIpc) is 2.27. The van der Waals surface area contributed by atoms with Gasteiger partial charge in [-0.1, -0.05) is 20.8 Å². The lowest BCUT2D eigenvalue weighted by Gasteiger charge is -2.38. The van der Waals surface area contributed by atoms with Crippen molar-refractivity contribution in [2.45, 2.75) is 43.1 Å². The Kier molecular flexibility index (Phi) is 3.80. The molecule has 0 bridgehead atoms. The summed E-state index contributed by atoms with van der Waals surface area (Å²) in [6.07, 6.45) is 0. The van der Waals surface area contributed by atoms with Crippen molar-refractivity contribution in [1.29, 1.82) is 0 Å². The maximum Gasteiger partial charge on any atom is 0.195 e. The van der Waals surface area contributed by atoms with Crippen molar-refractivity contribution in [3.05, 3.63) is 0 Å². The number of aliphatic hydroxyl groups is 2. The minimum Gasteiger partial charge on any atom is -0.373 e. The van der Waals surface area contributed by atoms with Crippen LogP contribution in [0.4, 0.5) is 0 Å². The Bertz CT molecular complexity index is 279. The minimum absolute atomic E-state index is 0.189. The second-order valence-electron chi connectivity index (χ2n) is 4.32. The summed E-state index contributed by atoms with van der Waals surface area (Å²) in [5.41, 5.74) is -0.850. The number of likely N-dealkylation sites (N-methyl/N-ethyl adjacent to an activating group) is 1. The molecule has 5 heteroatoms. The number of nitrogens with zero attached hydrogens (tertiary/aromatic N) is 1. The number of aliphatic imine (C=N–C) groups is 1. The molecule has 4 nitrogen and oxygen atoms in total. The molecular formula is C10H19IN2O2. The van der Waals surface area contributed by atoms with Crippen LogP contribution in [0.3, 0.4) is 0 Å². The van der Waals surface area contributed by atoms with E-state index in [0.717, 1.165) is 0 Å². The molecule has 1 heterocycles. The predicted octanol–water partition coefficient (Wildman–Crippen LogP) is 0.907. The first-order chi connectivity index (χ1) is 6.77. The van der Waals surface area contributed by atoms with Gasteiger partial charge < -0.3 is 10.2 Å². The van der Waals surface area contributed by atoms with Gasteiger partial charge in [-0.3, -0.25) is 10.3 Å². The summed E-state index contributed by atoms with van der Waals surface area (Å²) in [4.78, 5) is 4.36. The molecule has 0 aromatic heterocycles. The van der Waals surface area contributed by atoms with E-state index in [1.165, 1.54) is 0 Å². The third kappa shape index (κ3) is 1.94. The molecule has 0 aromatic rings. The quantitative estimate of drug-likeness (QED) is 0.410. The van der Waals surface area contributed by atoms with Gasteiger partial charge in [0.25, 0.3) is 0 Å². The van der Waals surface area contributed by atoms with Gasteiger partial charge in [0, 0.05) is 0 Å². The molecule has 1 aliphatic heterocycles. The maximum absolute atomic E-state index is 10.4. The smallest absolute Gasteiger partial charge is 0.195 e. The van der Waals surface area contributed by atoms with Gasteiger partial charge in [-0.2, -0.15) is 0 Å². The van der Waals surface area contributed by atoms with Crippen LogP contribution in [0.5, 0.6) is 0 Å². The van der Waals surface area contributed by atoms with Crippen LogP contribution in [0.25, 0.3) is 0 Å². The van der Waals surface area contributed by atoms with Gasteiger partial charge in [-0.05, 0) is 42.0 Å². The monoisotopic (exact) mass is 326 g/mol. The molecule has 3 N–H and O–H groups in total. The highest BCUT2D eigenvalue weighted by atomic mass is 127. The van der Waals surface area contributed by atoms with E-state index in [1.807, 2.05) is 43.4 Å². The van der Waals surface area contributed by atoms with Gasteiger partial charge in [-0.25, -0.2) is 0 Å². The molecule has 88 valence electrons. The predicted molar refractivity (Wildman–Crippen MR) is 69.3 cm³/mol. The van der Waals surface area contributed by atoms with Gasteiger partial charge in [-0.15, -0.1) is 0 Å². The second-order valence-corrected chi connectivity index (χ2v) is 5.96. The van der Waals surface area contributed by atoms with Crippen molar-refractivity contribution in [3.63, 3.8) is 0 Å². The number of hydrogen-bond donors (Lipinski definition) is 3. The molecule has 3 atom stereocenters. The highest BCUT2D eigenvalue weighted by Crippen LogP contribution is 2.42. The molecule has 0 radical (unpaired) electrons. The molecular weight excluding hydrogens is 307 g/mol. The molecule has 1 aliphatic rings. The van der Waals surface area contributed by atoms with Crippen LogP contribution >= 0.6 is 22.6 Å². The third-order valence-electron chi connectivity index (χ3n) is 2.82. The Morgan fingerprint density at radius 1 is 1.53 bits per heavy atom. The van der Waals surface area contributed by atoms with Gasteiger partial charge >= 0.3 is 0 Å². The Morgan fingerprint density at radius 3 is 2.40 bits per heavy atom. The van der Waals surface area contributed by atoms with Crippen LogP contribution in [0.15, 0.2) is 4.99 Å². The standard InChI is InChI=1S/C10H19IN2O2/c1-5-12-10(15)7(4)13-8(6(2)3)9(10,11)14/h6,8,12,14-15H,5H2,1-4H3. The summed E-state index contributed by atoms with van der Waals surface area (Å²) in [7, 11) is 0. The SMILES string of the molecule is CCNC1(O)C(C)=NC(C(C)C)C1(O)I. The number of hydrogen-bond acceptors (Lipinski definition) is 4. The van der Waals surface area contributed by atoms with E-state index in [0.29, 0.717) is 12.3 Å². The summed E-state index contributed by atoms with van der Waals surface area (Å²) in [5, 5.41) is 23.7.